The molecule has 0 bridgehead atoms. The van der Waals surface area contributed by atoms with E-state index < -0.39 is 5.54 Å². The number of rotatable bonds is 5. The second-order valence-corrected chi connectivity index (χ2v) is 5.34. The molecule has 0 heterocycles. The Morgan fingerprint density at radius 1 is 1.28 bits per heavy atom. The molecule has 0 saturated heterocycles. The molecule has 0 aliphatic heterocycles. The molecule has 1 saturated carbocycles. The normalized spacial score (nSPS) is 19.6. The third kappa shape index (κ3) is 4.53. The SMILES string of the molecule is CCOCC(=O)NC1(C(N)=S)CCCCCCC1. The lowest BCUT2D eigenvalue weighted by Crippen LogP contribution is -2.57. The predicted octanol–water partition coefficient (Wildman–Crippen LogP) is 1.91. The summed E-state index contributed by atoms with van der Waals surface area (Å²) in [7, 11) is 0. The van der Waals surface area contributed by atoms with Crippen molar-refractivity contribution in [1.82, 2.24) is 5.32 Å². The standard InChI is InChI=1S/C13H24N2O2S/c1-2-17-10-11(16)15-13(12(14)18)8-6-4-3-5-7-9-13/h2-10H2,1H3,(H2,14,18)(H,15,16). The van der Waals surface area contributed by atoms with Gasteiger partial charge in [-0.2, -0.15) is 0 Å². The van der Waals surface area contributed by atoms with Gasteiger partial charge >= 0.3 is 0 Å². The van der Waals surface area contributed by atoms with Crippen LogP contribution in [0.2, 0.25) is 0 Å². The van der Waals surface area contributed by atoms with E-state index in [1.807, 2.05) is 6.92 Å². The Morgan fingerprint density at radius 3 is 2.33 bits per heavy atom. The van der Waals surface area contributed by atoms with Crippen LogP contribution in [0.3, 0.4) is 0 Å². The smallest absolute Gasteiger partial charge is 0.246 e. The van der Waals surface area contributed by atoms with E-state index >= 15 is 0 Å². The van der Waals surface area contributed by atoms with E-state index in [1.165, 1.54) is 19.3 Å². The Bertz CT molecular complexity index is 287. The Kier molecular flexibility index (Phi) is 6.57. The summed E-state index contributed by atoms with van der Waals surface area (Å²) in [4.78, 5) is 12.2. The first-order valence-electron chi connectivity index (χ1n) is 6.79. The second kappa shape index (κ2) is 7.69. The van der Waals surface area contributed by atoms with Gasteiger partial charge in [0.05, 0.1) is 10.5 Å². The molecule has 1 aliphatic rings. The lowest BCUT2D eigenvalue weighted by molar-refractivity contribution is -0.127. The van der Waals surface area contributed by atoms with Gasteiger partial charge in [0.15, 0.2) is 0 Å². The van der Waals surface area contributed by atoms with Crippen molar-refractivity contribution < 1.29 is 9.53 Å². The molecule has 1 aliphatic carbocycles. The molecule has 1 amide bonds. The highest BCUT2D eigenvalue weighted by Crippen LogP contribution is 2.26. The Hall–Kier alpha value is -0.680. The Labute approximate surface area is 115 Å². The van der Waals surface area contributed by atoms with Crippen LogP contribution < -0.4 is 11.1 Å². The maximum atomic E-state index is 11.8. The molecular weight excluding hydrogens is 248 g/mol. The highest BCUT2D eigenvalue weighted by molar-refractivity contribution is 7.80. The monoisotopic (exact) mass is 272 g/mol. The molecular formula is C13H24N2O2S. The predicted molar refractivity (Wildman–Crippen MR) is 76.5 cm³/mol. The van der Waals surface area contributed by atoms with Crippen molar-refractivity contribution in [2.24, 2.45) is 5.73 Å². The number of carbonyl (C=O) groups is 1. The molecule has 3 N–H and O–H groups in total. The van der Waals surface area contributed by atoms with Gasteiger partial charge in [0, 0.05) is 6.61 Å². The number of hydrogen-bond acceptors (Lipinski definition) is 3. The van der Waals surface area contributed by atoms with Crippen molar-refractivity contribution in [3.63, 3.8) is 0 Å². The van der Waals surface area contributed by atoms with Gasteiger partial charge in [0.2, 0.25) is 5.91 Å². The third-order valence-electron chi connectivity index (χ3n) is 3.49. The number of ether oxygens (including phenoxy) is 1. The van der Waals surface area contributed by atoms with Crippen molar-refractivity contribution in [3.05, 3.63) is 0 Å². The number of nitrogens with two attached hydrogens (primary N) is 1. The van der Waals surface area contributed by atoms with Gasteiger partial charge in [-0.25, -0.2) is 0 Å². The van der Waals surface area contributed by atoms with Gasteiger partial charge in [-0.1, -0.05) is 44.3 Å². The highest BCUT2D eigenvalue weighted by Gasteiger charge is 2.34. The molecule has 104 valence electrons. The topological polar surface area (TPSA) is 64.3 Å². The molecule has 5 heteroatoms. The molecule has 1 fully saturated rings. The van der Waals surface area contributed by atoms with Crippen molar-refractivity contribution in [1.29, 1.82) is 0 Å². The molecule has 0 aromatic carbocycles. The van der Waals surface area contributed by atoms with Crippen LogP contribution in [-0.4, -0.2) is 29.6 Å². The van der Waals surface area contributed by atoms with Gasteiger partial charge in [-0.3, -0.25) is 4.79 Å². The summed E-state index contributed by atoms with van der Waals surface area (Å²) in [5.41, 5.74) is 5.38. The van der Waals surface area contributed by atoms with Crippen LogP contribution in [0.15, 0.2) is 0 Å². The van der Waals surface area contributed by atoms with Crippen molar-refractivity contribution in [3.8, 4) is 0 Å². The lowest BCUT2D eigenvalue weighted by Gasteiger charge is -2.35. The van der Waals surface area contributed by atoms with Crippen LogP contribution in [0.25, 0.3) is 0 Å². The van der Waals surface area contributed by atoms with Crippen molar-refractivity contribution in [2.45, 2.75) is 57.4 Å². The molecule has 1 rings (SSSR count). The van der Waals surface area contributed by atoms with Gasteiger partial charge in [0.25, 0.3) is 0 Å². The minimum atomic E-state index is -0.496. The third-order valence-corrected chi connectivity index (χ3v) is 3.89. The first kappa shape index (κ1) is 15.4. The van der Waals surface area contributed by atoms with Gasteiger partial charge in [-0.15, -0.1) is 0 Å². The van der Waals surface area contributed by atoms with E-state index in [-0.39, 0.29) is 12.5 Å². The quantitative estimate of drug-likeness (QED) is 0.750. The van der Waals surface area contributed by atoms with E-state index in [4.69, 9.17) is 22.7 Å². The van der Waals surface area contributed by atoms with E-state index in [0.717, 1.165) is 25.7 Å². The fourth-order valence-electron chi connectivity index (χ4n) is 2.44. The van der Waals surface area contributed by atoms with E-state index in [1.54, 1.807) is 0 Å². The number of hydrogen-bond donors (Lipinski definition) is 2. The minimum absolute atomic E-state index is 0.0842. The summed E-state index contributed by atoms with van der Waals surface area (Å²) >= 11 is 5.19. The summed E-state index contributed by atoms with van der Waals surface area (Å²) in [5, 5.41) is 3.00. The summed E-state index contributed by atoms with van der Waals surface area (Å²) in [6.07, 6.45) is 7.45. The van der Waals surface area contributed by atoms with Crippen molar-refractivity contribution in [2.75, 3.05) is 13.2 Å². The van der Waals surface area contributed by atoms with E-state index in [0.29, 0.717) is 11.6 Å². The number of nitrogens with one attached hydrogen (secondary N) is 1. The van der Waals surface area contributed by atoms with Crippen LogP contribution in [0, 0.1) is 0 Å². The maximum absolute atomic E-state index is 11.8. The molecule has 0 aromatic heterocycles. The van der Waals surface area contributed by atoms with E-state index in [2.05, 4.69) is 5.32 Å². The molecule has 0 aromatic rings. The van der Waals surface area contributed by atoms with E-state index in [9.17, 15) is 4.79 Å². The maximum Gasteiger partial charge on any atom is 0.246 e. The zero-order valence-corrected chi connectivity index (χ0v) is 12.0. The zero-order chi connectivity index (χ0) is 13.4. The van der Waals surface area contributed by atoms with Crippen LogP contribution in [0.1, 0.15) is 51.9 Å². The minimum Gasteiger partial charge on any atom is -0.391 e. The van der Waals surface area contributed by atoms with Gasteiger partial charge in [0.1, 0.15) is 6.61 Å². The lowest BCUT2D eigenvalue weighted by atomic mass is 9.83. The van der Waals surface area contributed by atoms with Crippen molar-refractivity contribution >= 4 is 23.1 Å². The summed E-state index contributed by atoms with van der Waals surface area (Å²) < 4.78 is 5.12. The number of carbonyl (C=O) groups excluding carboxylic acids is 1. The molecule has 0 spiro atoms. The summed E-state index contributed by atoms with van der Waals surface area (Å²) in [6.45, 7) is 2.49. The number of thiocarbonyl (C=S) groups is 1. The molecule has 0 unspecified atom stereocenters. The van der Waals surface area contributed by atoms with Crippen LogP contribution in [0.5, 0.6) is 0 Å². The Balaban J connectivity index is 2.65. The Morgan fingerprint density at radius 2 is 1.83 bits per heavy atom. The fourth-order valence-corrected chi connectivity index (χ4v) is 2.69. The summed E-state index contributed by atoms with van der Waals surface area (Å²) in [6, 6.07) is 0. The highest BCUT2D eigenvalue weighted by atomic mass is 32.1. The molecule has 18 heavy (non-hydrogen) atoms. The molecule has 4 nitrogen and oxygen atoms in total. The first-order chi connectivity index (χ1) is 8.60. The molecule has 0 radical (unpaired) electrons. The zero-order valence-electron chi connectivity index (χ0n) is 11.2. The fraction of sp³-hybridized carbons (Fsp3) is 0.846. The summed E-state index contributed by atoms with van der Waals surface area (Å²) in [5.74, 6) is -0.120. The first-order valence-corrected chi connectivity index (χ1v) is 7.20. The average Bonchev–Trinajstić information content (AvgIpc) is 2.29. The molecule has 0 atom stereocenters. The number of amides is 1. The van der Waals surface area contributed by atoms with Crippen LogP contribution in [0.4, 0.5) is 0 Å². The van der Waals surface area contributed by atoms with Crippen LogP contribution in [-0.2, 0) is 9.53 Å². The van der Waals surface area contributed by atoms with Gasteiger partial charge < -0.3 is 15.8 Å². The second-order valence-electron chi connectivity index (χ2n) is 4.90. The largest absolute Gasteiger partial charge is 0.391 e. The van der Waals surface area contributed by atoms with Crippen LogP contribution >= 0.6 is 12.2 Å². The average molecular weight is 272 g/mol. The van der Waals surface area contributed by atoms with Gasteiger partial charge in [-0.05, 0) is 19.8 Å².